The van der Waals surface area contributed by atoms with Crippen LogP contribution in [0.1, 0.15) is 10.5 Å². The Hall–Kier alpha value is -3.20. The second-order valence-electron chi connectivity index (χ2n) is 4.88. The predicted octanol–water partition coefficient (Wildman–Crippen LogP) is 1.37. The van der Waals surface area contributed by atoms with Crippen molar-refractivity contribution in [3.63, 3.8) is 0 Å². The number of nitrogens with one attached hydrogen (secondary N) is 2. The number of amides is 1. The maximum absolute atomic E-state index is 12.4. The van der Waals surface area contributed by atoms with Crippen LogP contribution in [0.3, 0.4) is 0 Å². The molecule has 3 rings (SSSR count). The first kappa shape index (κ1) is 15.7. The molecule has 0 fully saturated rings. The fraction of sp³-hybridized carbons (Fsp3) is 0. The summed E-state index contributed by atoms with van der Waals surface area (Å²) in [6.07, 6.45) is 0. The number of primary amides is 1. The highest BCUT2D eigenvalue weighted by molar-refractivity contribution is 7.92. The van der Waals surface area contributed by atoms with Crippen molar-refractivity contribution in [3.05, 3.63) is 60.3 Å². The first-order valence-electron chi connectivity index (χ1n) is 6.86. The zero-order chi connectivity index (χ0) is 17.2. The van der Waals surface area contributed by atoms with Gasteiger partial charge in [-0.15, -0.1) is 0 Å². The Bertz CT molecular complexity index is 983. The van der Waals surface area contributed by atoms with E-state index in [-0.39, 0.29) is 16.3 Å². The molecule has 0 saturated heterocycles. The fourth-order valence-corrected chi connectivity index (χ4v) is 3.22. The van der Waals surface area contributed by atoms with Crippen molar-refractivity contribution in [2.75, 3.05) is 4.72 Å². The van der Waals surface area contributed by atoms with Gasteiger partial charge in [0, 0.05) is 11.3 Å². The first-order chi connectivity index (χ1) is 11.5. The molecule has 0 unspecified atom stereocenters. The lowest BCUT2D eigenvalue weighted by atomic mass is 10.1. The van der Waals surface area contributed by atoms with E-state index in [1.165, 1.54) is 12.1 Å². The van der Waals surface area contributed by atoms with Crippen molar-refractivity contribution >= 4 is 21.6 Å². The molecule has 1 heterocycles. The number of benzene rings is 2. The van der Waals surface area contributed by atoms with Gasteiger partial charge in [0.1, 0.15) is 5.69 Å². The SMILES string of the molecule is NC(=O)c1n[nH]nc1-c1cccc(NS(=O)(=O)c2ccccc2)c1. The van der Waals surface area contributed by atoms with Crippen molar-refractivity contribution in [2.45, 2.75) is 4.90 Å². The summed E-state index contributed by atoms with van der Waals surface area (Å²) in [7, 11) is -3.71. The summed E-state index contributed by atoms with van der Waals surface area (Å²) >= 11 is 0. The van der Waals surface area contributed by atoms with E-state index in [2.05, 4.69) is 20.1 Å². The van der Waals surface area contributed by atoms with E-state index in [1.807, 2.05) is 0 Å². The summed E-state index contributed by atoms with van der Waals surface area (Å²) in [4.78, 5) is 11.5. The zero-order valence-electron chi connectivity index (χ0n) is 12.3. The van der Waals surface area contributed by atoms with E-state index in [9.17, 15) is 13.2 Å². The number of nitrogens with two attached hydrogens (primary N) is 1. The van der Waals surface area contributed by atoms with Gasteiger partial charge in [-0.05, 0) is 24.3 Å². The molecule has 0 radical (unpaired) electrons. The Labute approximate surface area is 137 Å². The Morgan fingerprint density at radius 3 is 2.50 bits per heavy atom. The second kappa shape index (κ2) is 6.13. The number of hydrogen-bond acceptors (Lipinski definition) is 5. The topological polar surface area (TPSA) is 131 Å². The van der Waals surface area contributed by atoms with E-state index in [1.54, 1.807) is 42.5 Å². The van der Waals surface area contributed by atoms with Crippen molar-refractivity contribution in [2.24, 2.45) is 5.73 Å². The van der Waals surface area contributed by atoms with Crippen LogP contribution in [0, 0.1) is 0 Å². The number of aromatic amines is 1. The van der Waals surface area contributed by atoms with Crippen molar-refractivity contribution in [1.82, 2.24) is 15.4 Å². The maximum atomic E-state index is 12.4. The highest BCUT2D eigenvalue weighted by Gasteiger charge is 2.17. The number of hydrogen-bond donors (Lipinski definition) is 3. The van der Waals surface area contributed by atoms with Crippen LogP contribution in [0.4, 0.5) is 5.69 Å². The normalized spacial score (nSPS) is 11.2. The molecule has 3 aromatic rings. The van der Waals surface area contributed by atoms with E-state index in [0.717, 1.165) is 0 Å². The van der Waals surface area contributed by atoms with Gasteiger partial charge in [-0.1, -0.05) is 30.3 Å². The first-order valence-corrected chi connectivity index (χ1v) is 8.34. The zero-order valence-corrected chi connectivity index (χ0v) is 13.1. The van der Waals surface area contributed by atoms with Crippen LogP contribution in [0.15, 0.2) is 59.5 Å². The number of sulfonamides is 1. The lowest BCUT2D eigenvalue weighted by Gasteiger charge is -2.09. The van der Waals surface area contributed by atoms with Crippen molar-refractivity contribution in [3.8, 4) is 11.3 Å². The quantitative estimate of drug-likeness (QED) is 0.644. The lowest BCUT2D eigenvalue weighted by Crippen LogP contribution is -2.13. The van der Waals surface area contributed by atoms with Crippen LogP contribution >= 0.6 is 0 Å². The fourth-order valence-electron chi connectivity index (χ4n) is 2.15. The number of H-pyrrole nitrogens is 1. The van der Waals surface area contributed by atoms with Crippen LogP contribution in [-0.4, -0.2) is 29.7 Å². The molecule has 1 amide bonds. The van der Waals surface area contributed by atoms with Gasteiger partial charge in [0.05, 0.1) is 4.90 Å². The Morgan fingerprint density at radius 2 is 1.79 bits per heavy atom. The molecule has 122 valence electrons. The standard InChI is InChI=1S/C15H13N5O3S/c16-15(21)14-13(17-20-18-14)10-5-4-6-11(9-10)19-24(22,23)12-7-2-1-3-8-12/h1-9,19H,(H2,16,21)(H,17,18,20). The number of aromatic nitrogens is 3. The average molecular weight is 343 g/mol. The summed E-state index contributed by atoms with van der Waals surface area (Å²) in [5.74, 6) is -0.728. The maximum Gasteiger partial charge on any atom is 0.271 e. The van der Waals surface area contributed by atoms with Crippen LogP contribution in [-0.2, 0) is 10.0 Å². The third-order valence-electron chi connectivity index (χ3n) is 3.22. The third-order valence-corrected chi connectivity index (χ3v) is 4.62. The molecule has 2 aromatic carbocycles. The van der Waals surface area contributed by atoms with Gasteiger partial charge in [0.2, 0.25) is 0 Å². The molecule has 24 heavy (non-hydrogen) atoms. The molecule has 0 aliphatic rings. The minimum Gasteiger partial charge on any atom is -0.364 e. The predicted molar refractivity (Wildman–Crippen MR) is 87.6 cm³/mol. The molecule has 0 aliphatic heterocycles. The van der Waals surface area contributed by atoms with Crippen molar-refractivity contribution in [1.29, 1.82) is 0 Å². The van der Waals surface area contributed by atoms with Crippen LogP contribution in [0.25, 0.3) is 11.3 Å². The highest BCUT2D eigenvalue weighted by Crippen LogP contribution is 2.24. The number of anilines is 1. The molecule has 4 N–H and O–H groups in total. The van der Waals surface area contributed by atoms with E-state index >= 15 is 0 Å². The van der Waals surface area contributed by atoms with Crippen LogP contribution in [0.5, 0.6) is 0 Å². The minimum absolute atomic E-state index is 0.0157. The van der Waals surface area contributed by atoms with Crippen LogP contribution in [0.2, 0.25) is 0 Å². The molecule has 0 atom stereocenters. The van der Waals surface area contributed by atoms with Gasteiger partial charge in [-0.25, -0.2) is 8.42 Å². The average Bonchev–Trinajstić information content (AvgIpc) is 3.05. The largest absolute Gasteiger partial charge is 0.364 e. The summed E-state index contributed by atoms with van der Waals surface area (Å²) in [5, 5.41) is 9.92. The third kappa shape index (κ3) is 3.10. The van der Waals surface area contributed by atoms with Gasteiger partial charge >= 0.3 is 0 Å². The molecular formula is C15H13N5O3S. The molecule has 0 aliphatic carbocycles. The van der Waals surface area contributed by atoms with E-state index in [4.69, 9.17) is 5.73 Å². The smallest absolute Gasteiger partial charge is 0.271 e. The number of carbonyl (C=O) groups excluding carboxylic acids is 1. The lowest BCUT2D eigenvalue weighted by molar-refractivity contribution is 0.0996. The molecule has 0 saturated carbocycles. The molecular weight excluding hydrogens is 330 g/mol. The molecule has 0 bridgehead atoms. The van der Waals surface area contributed by atoms with Gasteiger partial charge in [-0.2, -0.15) is 15.4 Å². The summed E-state index contributed by atoms with van der Waals surface area (Å²) < 4.78 is 27.2. The van der Waals surface area contributed by atoms with Gasteiger partial charge in [0.25, 0.3) is 15.9 Å². The van der Waals surface area contributed by atoms with Gasteiger partial charge in [-0.3, -0.25) is 9.52 Å². The van der Waals surface area contributed by atoms with Gasteiger partial charge < -0.3 is 5.73 Å². The summed E-state index contributed by atoms with van der Waals surface area (Å²) in [6, 6.07) is 14.4. The molecule has 1 aromatic heterocycles. The monoisotopic (exact) mass is 343 g/mol. The van der Waals surface area contributed by atoms with Gasteiger partial charge in [0.15, 0.2) is 5.69 Å². The van der Waals surface area contributed by atoms with Crippen molar-refractivity contribution < 1.29 is 13.2 Å². The molecule has 8 nitrogen and oxygen atoms in total. The summed E-state index contributed by atoms with van der Waals surface area (Å²) in [5.41, 5.74) is 6.31. The number of carbonyl (C=O) groups is 1. The highest BCUT2D eigenvalue weighted by atomic mass is 32.2. The number of rotatable bonds is 5. The minimum atomic E-state index is -3.71. The van der Waals surface area contributed by atoms with E-state index in [0.29, 0.717) is 11.3 Å². The molecule has 0 spiro atoms. The molecule has 9 heteroatoms. The number of nitrogens with zero attached hydrogens (tertiary/aromatic N) is 2. The Balaban J connectivity index is 1.94. The van der Waals surface area contributed by atoms with Crippen LogP contribution < -0.4 is 10.5 Å². The Kier molecular flexibility index (Phi) is 4.00. The second-order valence-corrected chi connectivity index (χ2v) is 6.57. The summed E-state index contributed by atoms with van der Waals surface area (Å²) in [6.45, 7) is 0. The Morgan fingerprint density at radius 1 is 1.04 bits per heavy atom. The van der Waals surface area contributed by atoms with E-state index < -0.39 is 15.9 Å².